The number of carbonyl (C=O) groups excluding carboxylic acids is 1. The maximum atomic E-state index is 11.8. The summed E-state index contributed by atoms with van der Waals surface area (Å²) in [5.41, 5.74) is 0. The van der Waals surface area contributed by atoms with Gasteiger partial charge in [-0.05, 0) is 12.3 Å². The van der Waals surface area contributed by atoms with Crippen molar-refractivity contribution in [2.24, 2.45) is 10.9 Å². The molecule has 0 spiro atoms. The summed E-state index contributed by atoms with van der Waals surface area (Å²) >= 11 is 0. The highest BCUT2D eigenvalue weighted by molar-refractivity contribution is 5.80. The number of nitrogens with zero attached hydrogens (tertiary/aromatic N) is 4. The first-order chi connectivity index (χ1) is 11.5. The van der Waals surface area contributed by atoms with E-state index < -0.39 is 0 Å². The average Bonchev–Trinajstić information content (AvgIpc) is 3.19. The van der Waals surface area contributed by atoms with E-state index in [1.807, 2.05) is 24.2 Å². The number of aliphatic imine (C=N–C) groups is 1. The van der Waals surface area contributed by atoms with Crippen LogP contribution in [0.15, 0.2) is 17.4 Å². The molecule has 2 N–H and O–H groups in total. The molecule has 7 nitrogen and oxygen atoms in total. The molecule has 1 amide bonds. The smallest absolute Gasteiger partial charge is 0.222 e. The van der Waals surface area contributed by atoms with Crippen LogP contribution in [0.2, 0.25) is 0 Å². The van der Waals surface area contributed by atoms with E-state index in [1.54, 1.807) is 7.05 Å². The summed E-state index contributed by atoms with van der Waals surface area (Å²) < 4.78 is 2.17. The van der Waals surface area contributed by atoms with Crippen molar-refractivity contribution in [3.8, 4) is 0 Å². The Bertz CT molecular complexity index is 565. The fourth-order valence-corrected chi connectivity index (χ4v) is 2.95. The first-order valence-electron chi connectivity index (χ1n) is 8.78. The van der Waals surface area contributed by atoms with Gasteiger partial charge in [-0.15, -0.1) is 0 Å². The number of aromatic nitrogens is 2. The van der Waals surface area contributed by atoms with E-state index in [1.165, 1.54) is 0 Å². The van der Waals surface area contributed by atoms with E-state index in [9.17, 15) is 4.79 Å². The molecule has 2 rings (SSSR count). The van der Waals surface area contributed by atoms with E-state index in [0.717, 1.165) is 37.8 Å². The number of guanidine groups is 1. The first-order valence-corrected chi connectivity index (χ1v) is 8.78. The minimum atomic E-state index is 0.220. The lowest BCUT2D eigenvalue weighted by Gasteiger charge is -2.19. The largest absolute Gasteiger partial charge is 0.352 e. The van der Waals surface area contributed by atoms with Crippen LogP contribution in [-0.2, 0) is 17.9 Å². The third-order valence-electron chi connectivity index (χ3n) is 4.19. The second kappa shape index (κ2) is 8.70. The molecule has 0 radical (unpaired) electrons. The maximum absolute atomic E-state index is 11.8. The van der Waals surface area contributed by atoms with Gasteiger partial charge >= 0.3 is 0 Å². The molecule has 1 unspecified atom stereocenters. The van der Waals surface area contributed by atoms with Crippen molar-refractivity contribution in [2.45, 2.75) is 52.7 Å². The van der Waals surface area contributed by atoms with Gasteiger partial charge in [0.25, 0.3) is 0 Å². The Morgan fingerprint density at radius 3 is 2.96 bits per heavy atom. The molecule has 1 aromatic rings. The number of amides is 1. The molecule has 0 aliphatic carbocycles. The van der Waals surface area contributed by atoms with Crippen molar-refractivity contribution >= 4 is 11.9 Å². The third kappa shape index (κ3) is 4.97. The van der Waals surface area contributed by atoms with Gasteiger partial charge in [0, 0.05) is 51.5 Å². The van der Waals surface area contributed by atoms with Gasteiger partial charge in [-0.25, -0.2) is 4.98 Å². The van der Waals surface area contributed by atoms with Crippen LogP contribution in [0.25, 0.3) is 0 Å². The van der Waals surface area contributed by atoms with E-state index >= 15 is 0 Å². The number of carbonyl (C=O) groups is 1. The SMILES string of the molecule is CCC(=O)N1CCC(NC(=NC)NCc2nccn2CC(C)C)C1. The molecule has 1 saturated heterocycles. The summed E-state index contributed by atoms with van der Waals surface area (Å²) in [6.07, 6.45) is 5.37. The Balaban J connectivity index is 1.83. The fraction of sp³-hybridized carbons (Fsp3) is 0.706. The van der Waals surface area contributed by atoms with Crippen LogP contribution in [0.1, 0.15) is 39.4 Å². The zero-order chi connectivity index (χ0) is 17.5. The maximum Gasteiger partial charge on any atom is 0.222 e. The van der Waals surface area contributed by atoms with Crippen molar-refractivity contribution in [2.75, 3.05) is 20.1 Å². The highest BCUT2D eigenvalue weighted by Gasteiger charge is 2.25. The number of imidazole rings is 1. The molecule has 0 aromatic carbocycles. The zero-order valence-electron chi connectivity index (χ0n) is 15.2. The fourth-order valence-electron chi connectivity index (χ4n) is 2.95. The van der Waals surface area contributed by atoms with Crippen LogP contribution in [0.3, 0.4) is 0 Å². The monoisotopic (exact) mass is 334 g/mol. The van der Waals surface area contributed by atoms with E-state index in [0.29, 0.717) is 18.9 Å². The Labute approximate surface area is 144 Å². The number of hydrogen-bond donors (Lipinski definition) is 2. The molecule has 7 heteroatoms. The first kappa shape index (κ1) is 18.3. The van der Waals surface area contributed by atoms with Crippen LogP contribution in [0.4, 0.5) is 0 Å². The minimum Gasteiger partial charge on any atom is -0.352 e. The van der Waals surface area contributed by atoms with Gasteiger partial charge in [-0.3, -0.25) is 9.79 Å². The highest BCUT2D eigenvalue weighted by Crippen LogP contribution is 2.10. The molecule has 0 saturated carbocycles. The van der Waals surface area contributed by atoms with Gasteiger partial charge < -0.3 is 20.1 Å². The molecule has 2 heterocycles. The van der Waals surface area contributed by atoms with Crippen LogP contribution in [0.5, 0.6) is 0 Å². The normalized spacial score (nSPS) is 18.3. The molecular formula is C17H30N6O. The van der Waals surface area contributed by atoms with Crippen molar-refractivity contribution < 1.29 is 4.79 Å². The lowest BCUT2D eigenvalue weighted by molar-refractivity contribution is -0.129. The van der Waals surface area contributed by atoms with Crippen LogP contribution >= 0.6 is 0 Å². The number of hydrogen-bond acceptors (Lipinski definition) is 3. The minimum absolute atomic E-state index is 0.220. The molecule has 1 aromatic heterocycles. The Hall–Kier alpha value is -2.05. The van der Waals surface area contributed by atoms with Gasteiger partial charge in [-0.2, -0.15) is 0 Å². The lowest BCUT2D eigenvalue weighted by atomic mass is 10.2. The Kier molecular flexibility index (Phi) is 6.63. The average molecular weight is 334 g/mol. The van der Waals surface area contributed by atoms with E-state index in [4.69, 9.17) is 0 Å². The summed E-state index contributed by atoms with van der Waals surface area (Å²) in [5, 5.41) is 6.73. The summed E-state index contributed by atoms with van der Waals surface area (Å²) in [7, 11) is 1.76. The van der Waals surface area contributed by atoms with Crippen LogP contribution < -0.4 is 10.6 Å². The summed E-state index contributed by atoms with van der Waals surface area (Å²) in [6, 6.07) is 0.252. The number of rotatable bonds is 6. The van der Waals surface area contributed by atoms with Crippen molar-refractivity contribution in [3.63, 3.8) is 0 Å². The summed E-state index contributed by atoms with van der Waals surface area (Å²) in [5.74, 6) is 2.56. The van der Waals surface area contributed by atoms with Gasteiger partial charge in [0.15, 0.2) is 5.96 Å². The summed E-state index contributed by atoms with van der Waals surface area (Å²) in [6.45, 7) is 9.45. The molecule has 1 fully saturated rings. The third-order valence-corrected chi connectivity index (χ3v) is 4.19. The van der Waals surface area contributed by atoms with Gasteiger partial charge in [-0.1, -0.05) is 20.8 Å². The van der Waals surface area contributed by atoms with Gasteiger partial charge in [0.2, 0.25) is 5.91 Å². The lowest BCUT2D eigenvalue weighted by Crippen LogP contribution is -2.45. The highest BCUT2D eigenvalue weighted by atomic mass is 16.2. The molecular weight excluding hydrogens is 304 g/mol. The van der Waals surface area contributed by atoms with Crippen LogP contribution in [-0.4, -0.2) is 52.5 Å². The molecule has 0 bridgehead atoms. The predicted octanol–water partition coefficient (Wildman–Crippen LogP) is 1.22. The molecule has 1 aliphatic heterocycles. The molecule has 1 atom stereocenters. The topological polar surface area (TPSA) is 74.6 Å². The van der Waals surface area contributed by atoms with Gasteiger partial charge in [0.1, 0.15) is 5.82 Å². The number of nitrogens with one attached hydrogen (secondary N) is 2. The quantitative estimate of drug-likeness (QED) is 0.606. The van der Waals surface area contributed by atoms with Crippen molar-refractivity contribution in [1.82, 2.24) is 25.1 Å². The van der Waals surface area contributed by atoms with E-state index in [-0.39, 0.29) is 11.9 Å². The Morgan fingerprint density at radius 1 is 1.50 bits per heavy atom. The zero-order valence-corrected chi connectivity index (χ0v) is 15.2. The van der Waals surface area contributed by atoms with Crippen molar-refractivity contribution in [1.29, 1.82) is 0 Å². The molecule has 134 valence electrons. The van der Waals surface area contributed by atoms with Gasteiger partial charge in [0.05, 0.1) is 6.54 Å². The molecule has 24 heavy (non-hydrogen) atoms. The summed E-state index contributed by atoms with van der Waals surface area (Å²) in [4.78, 5) is 22.4. The standard InChI is InChI=1S/C17H30N6O/c1-5-16(24)23-8-6-14(12-23)21-17(18-4)20-10-15-19-7-9-22(15)11-13(2)3/h7,9,13-14H,5-6,8,10-12H2,1-4H3,(H2,18,20,21). The predicted molar refractivity (Wildman–Crippen MR) is 95.7 cm³/mol. The molecule has 1 aliphatic rings. The second-order valence-corrected chi connectivity index (χ2v) is 6.64. The Morgan fingerprint density at radius 2 is 2.29 bits per heavy atom. The van der Waals surface area contributed by atoms with Crippen LogP contribution in [0, 0.1) is 5.92 Å². The van der Waals surface area contributed by atoms with E-state index in [2.05, 4.69) is 39.0 Å². The second-order valence-electron chi connectivity index (χ2n) is 6.64. The number of likely N-dealkylation sites (tertiary alicyclic amines) is 1. The van der Waals surface area contributed by atoms with Crippen molar-refractivity contribution in [3.05, 3.63) is 18.2 Å².